The van der Waals surface area contributed by atoms with Crippen molar-refractivity contribution in [3.8, 4) is 0 Å². The fraction of sp³-hybridized carbons (Fsp3) is 0.316. The lowest BCUT2D eigenvalue weighted by molar-refractivity contribution is -0.114. The standard InChI is InChI=1S/C19H23NO4S/c1-13(22)20-16-6-8-18(9-7-16)25-12-17(23)10-19(24)15-4-2-14(11-21)3-5-15/h2-9,17,19,21,23-24H,10-12H2,1H3,(H,20,22)/t17-,19+/m0/s1. The van der Waals surface area contributed by atoms with Crippen LogP contribution in [0.25, 0.3) is 0 Å². The fourth-order valence-corrected chi connectivity index (χ4v) is 3.19. The maximum atomic E-state index is 11.0. The normalized spacial score (nSPS) is 13.3. The molecule has 0 aromatic heterocycles. The van der Waals surface area contributed by atoms with Crippen LogP contribution in [-0.2, 0) is 11.4 Å². The topological polar surface area (TPSA) is 89.8 Å². The van der Waals surface area contributed by atoms with Gasteiger partial charge in [-0.3, -0.25) is 4.79 Å². The molecule has 0 aliphatic carbocycles. The van der Waals surface area contributed by atoms with Crippen LogP contribution in [0.3, 0.4) is 0 Å². The molecule has 0 unspecified atom stereocenters. The number of anilines is 1. The van der Waals surface area contributed by atoms with Crippen molar-refractivity contribution in [2.75, 3.05) is 11.1 Å². The van der Waals surface area contributed by atoms with Crippen molar-refractivity contribution in [2.24, 2.45) is 0 Å². The molecule has 0 spiro atoms. The third-order valence-corrected chi connectivity index (χ3v) is 4.82. The summed E-state index contributed by atoms with van der Waals surface area (Å²) in [6.45, 7) is 1.43. The van der Waals surface area contributed by atoms with Gasteiger partial charge in [-0.25, -0.2) is 0 Å². The average molecular weight is 361 g/mol. The zero-order valence-electron chi connectivity index (χ0n) is 14.1. The Balaban J connectivity index is 1.81. The molecule has 0 heterocycles. The molecule has 2 aromatic rings. The molecule has 5 nitrogen and oxygen atoms in total. The SMILES string of the molecule is CC(=O)Nc1ccc(SC[C@@H](O)C[C@@H](O)c2ccc(CO)cc2)cc1. The van der Waals surface area contributed by atoms with E-state index < -0.39 is 12.2 Å². The number of thioether (sulfide) groups is 1. The van der Waals surface area contributed by atoms with Gasteiger partial charge < -0.3 is 20.6 Å². The first-order valence-electron chi connectivity index (χ1n) is 8.04. The van der Waals surface area contributed by atoms with E-state index in [1.54, 1.807) is 24.3 Å². The summed E-state index contributed by atoms with van der Waals surface area (Å²) in [7, 11) is 0. The van der Waals surface area contributed by atoms with Gasteiger partial charge in [0.15, 0.2) is 0 Å². The van der Waals surface area contributed by atoms with Crippen LogP contribution in [0.15, 0.2) is 53.4 Å². The second-order valence-electron chi connectivity index (χ2n) is 5.82. The summed E-state index contributed by atoms with van der Waals surface area (Å²) in [5.74, 6) is 0.350. The largest absolute Gasteiger partial charge is 0.392 e. The quantitative estimate of drug-likeness (QED) is 0.543. The van der Waals surface area contributed by atoms with E-state index in [0.29, 0.717) is 5.75 Å². The number of amides is 1. The molecule has 0 aliphatic heterocycles. The molecule has 0 aliphatic rings. The van der Waals surface area contributed by atoms with Crippen molar-refractivity contribution in [3.63, 3.8) is 0 Å². The molecule has 0 fully saturated rings. The highest BCUT2D eigenvalue weighted by Crippen LogP contribution is 2.25. The van der Waals surface area contributed by atoms with Gasteiger partial charge in [-0.15, -0.1) is 11.8 Å². The van der Waals surface area contributed by atoms with Crippen LogP contribution in [0.5, 0.6) is 0 Å². The third kappa shape index (κ3) is 6.51. The molecule has 25 heavy (non-hydrogen) atoms. The van der Waals surface area contributed by atoms with Crippen molar-refractivity contribution in [2.45, 2.75) is 37.1 Å². The Bertz CT molecular complexity index is 673. The van der Waals surface area contributed by atoms with E-state index in [2.05, 4.69) is 5.32 Å². The van der Waals surface area contributed by atoms with Crippen molar-refractivity contribution in [1.29, 1.82) is 0 Å². The lowest BCUT2D eigenvalue weighted by Gasteiger charge is -2.16. The summed E-state index contributed by atoms with van der Waals surface area (Å²) in [5, 5.41) is 32.1. The fourth-order valence-electron chi connectivity index (χ4n) is 2.34. The van der Waals surface area contributed by atoms with Crippen LogP contribution in [0.4, 0.5) is 5.69 Å². The Hall–Kier alpha value is -1.86. The van der Waals surface area contributed by atoms with Gasteiger partial charge in [-0.05, 0) is 35.4 Å². The van der Waals surface area contributed by atoms with E-state index in [1.807, 2.05) is 24.3 Å². The molecule has 1 amide bonds. The van der Waals surface area contributed by atoms with E-state index in [9.17, 15) is 15.0 Å². The molecule has 0 saturated carbocycles. The summed E-state index contributed by atoms with van der Waals surface area (Å²) in [5.41, 5.74) is 2.25. The van der Waals surface area contributed by atoms with E-state index in [-0.39, 0.29) is 18.9 Å². The first-order chi connectivity index (χ1) is 12.0. The van der Waals surface area contributed by atoms with E-state index >= 15 is 0 Å². The molecule has 2 atom stereocenters. The molecular weight excluding hydrogens is 338 g/mol. The first kappa shape index (κ1) is 19.5. The Morgan fingerprint density at radius 2 is 1.72 bits per heavy atom. The predicted molar refractivity (Wildman–Crippen MR) is 99.4 cm³/mol. The number of hydrogen-bond donors (Lipinski definition) is 4. The molecule has 134 valence electrons. The lowest BCUT2D eigenvalue weighted by atomic mass is 10.0. The molecule has 0 bridgehead atoms. The smallest absolute Gasteiger partial charge is 0.221 e. The van der Waals surface area contributed by atoms with Gasteiger partial charge in [0.1, 0.15) is 0 Å². The van der Waals surface area contributed by atoms with Gasteiger partial charge in [-0.2, -0.15) is 0 Å². The third-order valence-electron chi connectivity index (χ3n) is 3.66. The molecule has 6 heteroatoms. The zero-order valence-corrected chi connectivity index (χ0v) is 14.9. The number of carbonyl (C=O) groups excluding carboxylic acids is 1. The van der Waals surface area contributed by atoms with Gasteiger partial charge in [0.2, 0.25) is 5.91 Å². The molecule has 0 saturated heterocycles. The van der Waals surface area contributed by atoms with E-state index in [4.69, 9.17) is 5.11 Å². The second kappa shape index (κ2) is 9.58. The monoisotopic (exact) mass is 361 g/mol. The second-order valence-corrected chi connectivity index (χ2v) is 6.91. The first-order valence-corrected chi connectivity index (χ1v) is 9.02. The number of benzene rings is 2. The number of nitrogens with one attached hydrogen (secondary N) is 1. The predicted octanol–water partition coefficient (Wildman–Crippen LogP) is 2.71. The Morgan fingerprint density at radius 1 is 1.08 bits per heavy atom. The van der Waals surface area contributed by atoms with Crippen LogP contribution >= 0.6 is 11.8 Å². The summed E-state index contributed by atoms with van der Waals surface area (Å²) >= 11 is 1.49. The number of aliphatic hydroxyl groups is 3. The van der Waals surface area contributed by atoms with Gasteiger partial charge in [0, 0.05) is 29.7 Å². The highest BCUT2D eigenvalue weighted by Gasteiger charge is 2.14. The highest BCUT2D eigenvalue weighted by atomic mass is 32.2. The number of rotatable bonds is 8. The van der Waals surface area contributed by atoms with Gasteiger partial charge in [0.05, 0.1) is 18.8 Å². The number of hydrogen-bond acceptors (Lipinski definition) is 5. The Labute approximate surface area is 151 Å². The van der Waals surface area contributed by atoms with Crippen molar-refractivity contribution >= 4 is 23.4 Å². The Kier molecular flexibility index (Phi) is 7.46. The summed E-state index contributed by atoms with van der Waals surface area (Å²) in [4.78, 5) is 12.0. The zero-order chi connectivity index (χ0) is 18.2. The summed E-state index contributed by atoms with van der Waals surface area (Å²) in [6, 6.07) is 14.4. The molecule has 2 aromatic carbocycles. The van der Waals surface area contributed by atoms with Crippen LogP contribution < -0.4 is 5.32 Å². The van der Waals surface area contributed by atoms with Gasteiger partial charge in [-0.1, -0.05) is 24.3 Å². The minimum atomic E-state index is -0.745. The Morgan fingerprint density at radius 3 is 2.28 bits per heavy atom. The lowest BCUT2D eigenvalue weighted by Crippen LogP contribution is -2.15. The van der Waals surface area contributed by atoms with Gasteiger partial charge in [0.25, 0.3) is 0 Å². The van der Waals surface area contributed by atoms with Crippen LogP contribution in [0.2, 0.25) is 0 Å². The number of carbonyl (C=O) groups is 1. The minimum Gasteiger partial charge on any atom is -0.392 e. The average Bonchev–Trinajstić information content (AvgIpc) is 2.60. The van der Waals surface area contributed by atoms with Crippen molar-refractivity contribution < 1.29 is 20.1 Å². The van der Waals surface area contributed by atoms with Crippen LogP contribution in [0.1, 0.15) is 30.6 Å². The maximum absolute atomic E-state index is 11.0. The summed E-state index contributed by atoms with van der Waals surface area (Å²) in [6.07, 6.45) is -1.15. The molecule has 4 N–H and O–H groups in total. The van der Waals surface area contributed by atoms with E-state index in [0.717, 1.165) is 21.7 Å². The van der Waals surface area contributed by atoms with Crippen LogP contribution in [0, 0.1) is 0 Å². The van der Waals surface area contributed by atoms with Gasteiger partial charge >= 0.3 is 0 Å². The highest BCUT2D eigenvalue weighted by molar-refractivity contribution is 7.99. The molecule has 0 radical (unpaired) electrons. The number of aliphatic hydroxyl groups excluding tert-OH is 3. The van der Waals surface area contributed by atoms with Crippen molar-refractivity contribution in [3.05, 3.63) is 59.7 Å². The van der Waals surface area contributed by atoms with E-state index in [1.165, 1.54) is 18.7 Å². The molecular formula is C19H23NO4S. The summed E-state index contributed by atoms with van der Waals surface area (Å²) < 4.78 is 0. The maximum Gasteiger partial charge on any atom is 0.221 e. The van der Waals surface area contributed by atoms with Crippen molar-refractivity contribution in [1.82, 2.24) is 0 Å². The van der Waals surface area contributed by atoms with Crippen LogP contribution in [-0.4, -0.2) is 33.1 Å². The minimum absolute atomic E-state index is 0.0314. The molecule has 2 rings (SSSR count).